The number of amides is 1. The summed E-state index contributed by atoms with van der Waals surface area (Å²) in [6.45, 7) is 6.40. The Morgan fingerprint density at radius 3 is 2.34 bits per heavy atom. The number of hydrogen-bond donors (Lipinski definition) is 0. The summed E-state index contributed by atoms with van der Waals surface area (Å²) in [7, 11) is 1.91. The molecule has 1 fully saturated rings. The third-order valence-corrected chi connectivity index (χ3v) is 7.15. The number of halogens is 4. The molecule has 2 aliphatic heterocycles. The summed E-state index contributed by atoms with van der Waals surface area (Å²) in [5.41, 5.74) is -0.411. The average molecular weight is 496 g/mol. The topological polar surface area (TPSA) is 54.8 Å². The van der Waals surface area contributed by atoms with E-state index in [1.165, 1.54) is 22.8 Å². The van der Waals surface area contributed by atoms with Crippen molar-refractivity contribution in [1.82, 2.24) is 14.4 Å². The van der Waals surface area contributed by atoms with E-state index in [4.69, 9.17) is 4.74 Å². The van der Waals surface area contributed by atoms with Crippen LogP contribution in [0, 0.1) is 5.82 Å². The predicted octanol–water partition coefficient (Wildman–Crippen LogP) is 4.62. The van der Waals surface area contributed by atoms with E-state index < -0.39 is 29.2 Å². The lowest BCUT2D eigenvalue weighted by Crippen LogP contribution is -2.59. The van der Waals surface area contributed by atoms with Gasteiger partial charge >= 0.3 is 6.18 Å². The molecule has 0 aliphatic carbocycles. The van der Waals surface area contributed by atoms with Gasteiger partial charge in [-0.1, -0.05) is 0 Å². The number of rotatable bonds is 4. The average Bonchev–Trinajstić information content (AvgIpc) is 3.20. The van der Waals surface area contributed by atoms with Crippen LogP contribution >= 0.6 is 0 Å². The Labute approximate surface area is 201 Å². The molecule has 190 valence electrons. The number of carbonyl (C=O) groups excluding carboxylic acids is 2. The second kappa shape index (κ2) is 8.96. The summed E-state index contributed by atoms with van der Waals surface area (Å²) < 4.78 is 61.1. The molecule has 1 spiro atoms. The molecule has 0 N–H and O–H groups in total. The van der Waals surface area contributed by atoms with Crippen molar-refractivity contribution in [2.45, 2.75) is 64.0 Å². The van der Waals surface area contributed by atoms with E-state index in [1.807, 2.05) is 27.8 Å². The second-order valence-corrected chi connectivity index (χ2v) is 9.63. The minimum atomic E-state index is -4.95. The first-order valence-corrected chi connectivity index (χ1v) is 11.6. The van der Waals surface area contributed by atoms with Crippen molar-refractivity contribution in [2.24, 2.45) is 0 Å². The molecule has 0 saturated carbocycles. The molecule has 0 bridgehead atoms. The summed E-state index contributed by atoms with van der Waals surface area (Å²) in [6.07, 6.45) is -4.20. The summed E-state index contributed by atoms with van der Waals surface area (Å²) in [6, 6.07) is 6.88. The van der Waals surface area contributed by atoms with E-state index >= 15 is 0 Å². The highest BCUT2D eigenvalue weighted by atomic mass is 19.4. The number of piperidine rings is 1. The molecule has 2 aliphatic rings. The zero-order valence-corrected chi connectivity index (χ0v) is 20.2. The third-order valence-electron chi connectivity index (χ3n) is 7.15. The molecule has 0 radical (unpaired) electrons. The smallest absolute Gasteiger partial charge is 0.456 e. The maximum atomic E-state index is 14.7. The molecule has 0 unspecified atom stereocenters. The van der Waals surface area contributed by atoms with E-state index in [0.717, 1.165) is 0 Å². The maximum Gasteiger partial charge on any atom is 0.456 e. The van der Waals surface area contributed by atoms with Gasteiger partial charge in [0.2, 0.25) is 0 Å². The van der Waals surface area contributed by atoms with Crippen LogP contribution in [0.25, 0.3) is 0 Å². The third kappa shape index (κ3) is 4.44. The van der Waals surface area contributed by atoms with Crippen LogP contribution in [-0.2, 0) is 12.1 Å². The van der Waals surface area contributed by atoms with Gasteiger partial charge in [0, 0.05) is 37.4 Å². The van der Waals surface area contributed by atoms with E-state index in [0.29, 0.717) is 37.4 Å². The zero-order valence-electron chi connectivity index (χ0n) is 20.2. The Kier molecular flexibility index (Phi) is 6.46. The number of alkyl halides is 3. The van der Waals surface area contributed by atoms with Gasteiger partial charge in [0.15, 0.2) is 0 Å². The number of ketones is 1. The molecule has 1 amide bonds. The number of ether oxygens (including phenoxy) is 1. The lowest BCUT2D eigenvalue weighted by molar-refractivity contribution is -0.0894. The Bertz CT molecular complexity index is 1130. The number of likely N-dealkylation sites (tertiary alicyclic amines) is 1. The number of hydrogen-bond acceptors (Lipinski definition) is 4. The first-order valence-electron chi connectivity index (χ1n) is 11.6. The normalized spacial score (nSPS) is 20.3. The van der Waals surface area contributed by atoms with Gasteiger partial charge in [-0.25, -0.2) is 4.39 Å². The molecule has 10 heteroatoms. The predicted molar refractivity (Wildman–Crippen MR) is 121 cm³/mol. The Balaban J connectivity index is 1.57. The van der Waals surface area contributed by atoms with Crippen molar-refractivity contribution in [3.63, 3.8) is 0 Å². The summed E-state index contributed by atoms with van der Waals surface area (Å²) >= 11 is 0. The van der Waals surface area contributed by atoms with E-state index in [-0.39, 0.29) is 29.9 Å². The van der Waals surface area contributed by atoms with Gasteiger partial charge in [0.1, 0.15) is 11.6 Å². The molecule has 1 saturated heterocycles. The van der Waals surface area contributed by atoms with E-state index in [2.05, 4.69) is 4.90 Å². The van der Waals surface area contributed by atoms with E-state index in [1.54, 1.807) is 17.0 Å². The fourth-order valence-corrected chi connectivity index (χ4v) is 5.28. The van der Waals surface area contributed by atoms with E-state index in [9.17, 15) is 27.2 Å². The molecule has 2 aromatic rings. The second-order valence-electron chi connectivity index (χ2n) is 9.63. The molecule has 35 heavy (non-hydrogen) atoms. The first kappa shape index (κ1) is 25.2. The Morgan fingerprint density at radius 2 is 1.77 bits per heavy atom. The Morgan fingerprint density at radius 1 is 1.11 bits per heavy atom. The molecular formula is C25H29F4N3O3. The van der Waals surface area contributed by atoms with Crippen LogP contribution < -0.4 is 4.74 Å². The number of Topliss-reactive ketones (excluding diaryl/α,β-unsaturated/α-hetero) is 1. The molecule has 3 heterocycles. The highest BCUT2D eigenvalue weighted by molar-refractivity contribution is 5.99. The van der Waals surface area contributed by atoms with Gasteiger partial charge in [-0.3, -0.25) is 14.5 Å². The minimum Gasteiger partial charge on any atom is -0.491 e. The van der Waals surface area contributed by atoms with Crippen LogP contribution in [0.2, 0.25) is 0 Å². The van der Waals surface area contributed by atoms with Crippen molar-refractivity contribution >= 4 is 11.7 Å². The fourth-order valence-electron chi connectivity index (χ4n) is 5.28. The minimum absolute atomic E-state index is 0.0520. The van der Waals surface area contributed by atoms with Crippen molar-refractivity contribution in [3.8, 4) is 5.75 Å². The van der Waals surface area contributed by atoms with Crippen LogP contribution in [-0.4, -0.2) is 64.5 Å². The lowest BCUT2D eigenvalue weighted by Gasteiger charge is -2.53. The molecule has 6 nitrogen and oxygen atoms in total. The van der Waals surface area contributed by atoms with Gasteiger partial charge in [0.05, 0.1) is 22.9 Å². The number of likely N-dealkylation sites (N-methyl/N-ethyl adjacent to an activating group) is 1. The van der Waals surface area contributed by atoms with Gasteiger partial charge in [0.25, 0.3) is 11.7 Å². The van der Waals surface area contributed by atoms with Crippen molar-refractivity contribution in [1.29, 1.82) is 0 Å². The summed E-state index contributed by atoms with van der Waals surface area (Å²) in [5.74, 6) is -2.62. The van der Waals surface area contributed by atoms with Crippen molar-refractivity contribution in [2.75, 3.05) is 20.1 Å². The van der Waals surface area contributed by atoms with Crippen LogP contribution in [0.15, 0.2) is 30.3 Å². The van der Waals surface area contributed by atoms with Crippen LogP contribution in [0.4, 0.5) is 17.6 Å². The van der Waals surface area contributed by atoms with Gasteiger partial charge < -0.3 is 14.2 Å². The first-order chi connectivity index (χ1) is 16.3. The maximum absolute atomic E-state index is 14.7. The number of nitrogens with zero attached hydrogens (tertiary/aromatic N) is 3. The molecule has 1 atom stereocenters. The number of benzene rings is 1. The number of fused-ring (bicyclic) bond motifs is 2. The van der Waals surface area contributed by atoms with Crippen molar-refractivity contribution < 1.29 is 31.9 Å². The number of carbonyl (C=O) groups is 2. The van der Waals surface area contributed by atoms with Gasteiger partial charge in [-0.15, -0.1) is 0 Å². The van der Waals surface area contributed by atoms with Crippen LogP contribution in [0.3, 0.4) is 0 Å². The Hall–Kier alpha value is -2.88. The largest absolute Gasteiger partial charge is 0.491 e. The van der Waals surface area contributed by atoms with Gasteiger partial charge in [-0.05, 0) is 64.9 Å². The van der Waals surface area contributed by atoms with Crippen LogP contribution in [0.1, 0.15) is 60.2 Å². The van der Waals surface area contributed by atoms with Gasteiger partial charge in [-0.2, -0.15) is 13.2 Å². The fraction of sp³-hybridized carbons (Fsp3) is 0.520. The summed E-state index contributed by atoms with van der Waals surface area (Å²) in [4.78, 5) is 28.8. The lowest BCUT2D eigenvalue weighted by atomic mass is 9.80. The highest BCUT2D eigenvalue weighted by Crippen LogP contribution is 2.44. The van der Waals surface area contributed by atoms with Crippen LogP contribution in [0.5, 0.6) is 5.75 Å². The highest BCUT2D eigenvalue weighted by Gasteiger charge is 2.49. The van der Waals surface area contributed by atoms with Crippen molar-refractivity contribution in [3.05, 3.63) is 53.1 Å². The summed E-state index contributed by atoms with van der Waals surface area (Å²) in [5, 5.41) is 0. The molecular weight excluding hydrogens is 466 g/mol. The standard InChI is InChI=1S/C25H29F4N3O3/c1-15(2)35-17-5-6-18(19(26)13-17)23(34)31-11-9-24(10-12-31)21-8-7-20(22(33)25(27,28)29)32(21)14-16(3)30(24)4/h5-8,13,15-16H,9-12,14H2,1-4H3/t16-/m0/s1. The number of aromatic nitrogens is 1. The quantitative estimate of drug-likeness (QED) is 0.459. The zero-order chi connectivity index (χ0) is 25.7. The molecule has 1 aromatic heterocycles. The molecule has 1 aromatic carbocycles. The molecule has 4 rings (SSSR count). The monoisotopic (exact) mass is 495 g/mol. The SMILES string of the molecule is CC(C)Oc1ccc(C(=O)N2CCC3(CC2)c2ccc(C(=O)C(F)(F)F)n2C[C@H](C)N3C)c(F)c1.